The zero-order chi connectivity index (χ0) is 37.4. The van der Waals surface area contributed by atoms with Gasteiger partial charge in [-0.15, -0.1) is 5.10 Å². The van der Waals surface area contributed by atoms with Crippen molar-refractivity contribution in [1.29, 1.82) is 0 Å². The molecule has 5 fully saturated rings. The topological polar surface area (TPSA) is 123 Å². The SMILES string of the molecule is CC1C(CSc2nnnn2-c2ccccc2)OC(c2ccc(-c3cccc(CNC(=O)NC45CC6CC(CC(C6)C4)C5)c3)cc2)OC1c1ccc(CO)cc1. The Morgan fingerprint density at radius 2 is 1.55 bits per heavy atom. The number of nitrogens with one attached hydrogen (secondary N) is 2. The molecular formula is C44H48N6O4S. The molecule has 2 heterocycles. The predicted molar refractivity (Wildman–Crippen MR) is 211 cm³/mol. The van der Waals surface area contributed by atoms with E-state index in [-0.39, 0.29) is 36.3 Å². The third kappa shape index (κ3) is 7.80. The Labute approximate surface area is 326 Å². The van der Waals surface area contributed by atoms with Crippen molar-refractivity contribution in [2.24, 2.45) is 23.7 Å². The molecule has 4 aromatic carbocycles. The van der Waals surface area contributed by atoms with Crippen LogP contribution in [0.1, 0.15) is 80.1 Å². The van der Waals surface area contributed by atoms with Gasteiger partial charge in [0.2, 0.25) is 5.16 Å². The van der Waals surface area contributed by atoms with Crippen molar-refractivity contribution in [3.8, 4) is 16.8 Å². The standard InChI is InChI=1S/C44H48N6O4S/c1-28-39(27-55-43-47-48-49-50(43)38-8-3-2-4-9-38)53-41(54-40(28)35-12-10-29(26-51)11-13-35)36-16-14-34(15-17-36)37-7-5-6-30(21-37)25-45-42(52)46-44-22-31-18-32(23-44)20-33(19-31)24-44/h2-17,21,28,31-33,39-41,51H,18-20,22-27H2,1H3,(H2,45,46,52). The number of hydrogen-bond acceptors (Lipinski definition) is 8. The van der Waals surface area contributed by atoms with E-state index in [4.69, 9.17) is 9.47 Å². The summed E-state index contributed by atoms with van der Waals surface area (Å²) in [4.78, 5) is 13.1. The number of rotatable bonds is 11. The molecule has 5 aliphatic rings. The van der Waals surface area contributed by atoms with Crippen LogP contribution in [0.2, 0.25) is 0 Å². The normalized spacial score (nSPS) is 28.2. The van der Waals surface area contributed by atoms with Crippen LogP contribution >= 0.6 is 11.8 Å². The summed E-state index contributed by atoms with van der Waals surface area (Å²) in [5.74, 6) is 3.02. The minimum Gasteiger partial charge on any atom is -0.392 e. The Kier molecular flexibility index (Phi) is 10.2. The molecule has 4 saturated carbocycles. The lowest BCUT2D eigenvalue weighted by Gasteiger charge is -2.56. The van der Waals surface area contributed by atoms with Gasteiger partial charge in [-0.3, -0.25) is 0 Å². The monoisotopic (exact) mass is 756 g/mol. The fourth-order valence-corrected chi connectivity index (χ4v) is 10.9. The highest BCUT2D eigenvalue weighted by Gasteiger charge is 2.51. The molecule has 1 aromatic heterocycles. The first-order chi connectivity index (χ1) is 26.9. The molecule has 10 rings (SSSR count). The van der Waals surface area contributed by atoms with E-state index in [1.165, 1.54) is 19.3 Å². The molecule has 55 heavy (non-hydrogen) atoms. The van der Waals surface area contributed by atoms with Crippen molar-refractivity contribution in [3.05, 3.63) is 125 Å². The molecule has 5 aromatic rings. The second-order valence-corrected chi connectivity index (χ2v) is 17.2. The first-order valence-corrected chi connectivity index (χ1v) is 20.6. The number of nitrogens with zero attached hydrogens (tertiary/aromatic N) is 4. The molecule has 3 N–H and O–H groups in total. The van der Waals surface area contributed by atoms with E-state index in [9.17, 15) is 9.90 Å². The Hall–Kier alpha value is -4.55. The van der Waals surface area contributed by atoms with Crippen LogP contribution in [0.3, 0.4) is 0 Å². The molecule has 11 heteroatoms. The Bertz CT molecular complexity index is 2060. The van der Waals surface area contributed by atoms with Crippen molar-refractivity contribution >= 4 is 17.8 Å². The maximum atomic E-state index is 13.1. The van der Waals surface area contributed by atoms with Gasteiger partial charge in [0.25, 0.3) is 0 Å². The van der Waals surface area contributed by atoms with Gasteiger partial charge in [-0.2, -0.15) is 4.68 Å². The molecule has 1 aliphatic heterocycles. The lowest BCUT2D eigenvalue weighted by atomic mass is 9.53. The Morgan fingerprint density at radius 3 is 2.25 bits per heavy atom. The molecule has 0 radical (unpaired) electrons. The molecule has 0 spiro atoms. The fraction of sp³-hybridized carbons (Fsp3) is 0.409. The first kappa shape index (κ1) is 36.1. The van der Waals surface area contributed by atoms with Crippen molar-refractivity contribution in [2.75, 3.05) is 5.75 Å². The van der Waals surface area contributed by atoms with Crippen LogP contribution in [0.5, 0.6) is 0 Å². The molecule has 1 saturated heterocycles. The fourth-order valence-electron chi connectivity index (χ4n) is 9.89. The number of carbonyl (C=O) groups is 1. The number of hydrogen-bond donors (Lipinski definition) is 3. The summed E-state index contributed by atoms with van der Waals surface area (Å²) < 4.78 is 15.2. The van der Waals surface area contributed by atoms with Gasteiger partial charge in [-0.25, -0.2) is 4.79 Å². The summed E-state index contributed by atoms with van der Waals surface area (Å²) >= 11 is 1.56. The van der Waals surface area contributed by atoms with E-state index in [1.54, 1.807) is 16.4 Å². The molecule has 4 bridgehead atoms. The maximum absolute atomic E-state index is 13.1. The third-order valence-corrected chi connectivity index (χ3v) is 13.3. The third-order valence-electron chi connectivity index (χ3n) is 12.3. The number of aliphatic hydroxyl groups is 1. The summed E-state index contributed by atoms with van der Waals surface area (Å²) in [6.45, 7) is 2.62. The second-order valence-electron chi connectivity index (χ2n) is 16.2. The summed E-state index contributed by atoms with van der Waals surface area (Å²) in [7, 11) is 0. The molecule has 4 atom stereocenters. The number of urea groups is 1. The van der Waals surface area contributed by atoms with Crippen LogP contribution in [-0.4, -0.2) is 48.7 Å². The lowest BCUT2D eigenvalue weighted by Crippen LogP contribution is -2.61. The van der Waals surface area contributed by atoms with Crippen molar-refractivity contribution in [3.63, 3.8) is 0 Å². The number of carbonyl (C=O) groups excluding carboxylic acids is 1. The van der Waals surface area contributed by atoms with Gasteiger partial charge >= 0.3 is 6.03 Å². The Morgan fingerprint density at radius 1 is 0.836 bits per heavy atom. The lowest BCUT2D eigenvalue weighted by molar-refractivity contribution is -0.268. The van der Waals surface area contributed by atoms with Gasteiger partial charge in [0, 0.05) is 29.3 Å². The smallest absolute Gasteiger partial charge is 0.315 e. The first-order valence-electron chi connectivity index (χ1n) is 19.6. The highest BCUT2D eigenvalue weighted by Crippen LogP contribution is 2.55. The summed E-state index contributed by atoms with van der Waals surface area (Å²) in [5, 5.41) is 29.4. The van der Waals surface area contributed by atoms with Crippen molar-refractivity contribution in [1.82, 2.24) is 30.8 Å². The van der Waals surface area contributed by atoms with Gasteiger partial charge < -0.3 is 25.2 Å². The van der Waals surface area contributed by atoms with E-state index < -0.39 is 6.29 Å². The highest BCUT2D eigenvalue weighted by molar-refractivity contribution is 7.99. The molecule has 284 valence electrons. The number of aliphatic hydroxyl groups excluding tert-OH is 1. The van der Waals surface area contributed by atoms with E-state index in [0.717, 1.165) is 76.1 Å². The highest BCUT2D eigenvalue weighted by atomic mass is 32.2. The van der Waals surface area contributed by atoms with E-state index in [2.05, 4.69) is 81.6 Å². The quantitative estimate of drug-likeness (QED) is 0.115. The summed E-state index contributed by atoms with van der Waals surface area (Å²) in [6.07, 6.45) is 6.50. The molecule has 10 nitrogen and oxygen atoms in total. The van der Waals surface area contributed by atoms with Crippen LogP contribution < -0.4 is 10.6 Å². The number of amides is 2. The van der Waals surface area contributed by atoms with Crippen LogP contribution in [0, 0.1) is 23.7 Å². The van der Waals surface area contributed by atoms with Crippen molar-refractivity contribution < 1.29 is 19.4 Å². The molecule has 4 unspecified atom stereocenters. The zero-order valence-electron chi connectivity index (χ0n) is 31.1. The van der Waals surface area contributed by atoms with E-state index in [0.29, 0.717) is 17.5 Å². The van der Waals surface area contributed by atoms with Gasteiger partial charge in [-0.05, 0) is 113 Å². The summed E-state index contributed by atoms with van der Waals surface area (Å²) in [5.41, 5.74) is 6.93. The van der Waals surface area contributed by atoms with Gasteiger partial charge in [0.15, 0.2) is 6.29 Å². The molecule has 4 aliphatic carbocycles. The van der Waals surface area contributed by atoms with Crippen LogP contribution in [-0.2, 0) is 22.6 Å². The molecule has 2 amide bonds. The predicted octanol–water partition coefficient (Wildman–Crippen LogP) is 8.17. The number of para-hydroxylation sites is 1. The van der Waals surface area contributed by atoms with E-state index in [1.807, 2.05) is 54.6 Å². The second kappa shape index (κ2) is 15.5. The number of thioether (sulfide) groups is 1. The van der Waals surface area contributed by atoms with Crippen LogP contribution in [0.4, 0.5) is 4.79 Å². The minimum absolute atomic E-state index is 0.00359. The Balaban J connectivity index is 0.880. The average molecular weight is 757 g/mol. The number of tetrazole rings is 1. The number of benzene rings is 4. The van der Waals surface area contributed by atoms with Crippen LogP contribution in [0.15, 0.2) is 108 Å². The maximum Gasteiger partial charge on any atom is 0.315 e. The molecular weight excluding hydrogens is 709 g/mol. The van der Waals surface area contributed by atoms with Gasteiger partial charge in [0.1, 0.15) is 0 Å². The minimum atomic E-state index is -0.591. The van der Waals surface area contributed by atoms with Crippen LogP contribution in [0.25, 0.3) is 16.8 Å². The largest absolute Gasteiger partial charge is 0.392 e. The summed E-state index contributed by atoms with van der Waals surface area (Å²) in [6, 6.07) is 34.5. The number of aromatic nitrogens is 4. The van der Waals surface area contributed by atoms with Gasteiger partial charge in [0.05, 0.1) is 24.5 Å². The zero-order valence-corrected chi connectivity index (χ0v) is 31.9. The van der Waals surface area contributed by atoms with E-state index >= 15 is 0 Å². The average Bonchev–Trinajstić information content (AvgIpc) is 3.68. The van der Waals surface area contributed by atoms with Crippen molar-refractivity contribution in [2.45, 2.75) is 87.8 Å². The van der Waals surface area contributed by atoms with Gasteiger partial charge in [-0.1, -0.05) is 104 Å². The number of ether oxygens (including phenoxy) is 2.